The summed E-state index contributed by atoms with van der Waals surface area (Å²) in [7, 11) is 0. The summed E-state index contributed by atoms with van der Waals surface area (Å²) in [6.07, 6.45) is 2.64. The maximum absolute atomic E-state index is 11.0. The van der Waals surface area contributed by atoms with Crippen molar-refractivity contribution in [3.63, 3.8) is 0 Å². The van der Waals surface area contributed by atoms with Crippen LogP contribution in [0.15, 0.2) is 23.4 Å². The van der Waals surface area contributed by atoms with Gasteiger partial charge in [0.05, 0.1) is 6.33 Å². The van der Waals surface area contributed by atoms with Crippen LogP contribution in [0.3, 0.4) is 0 Å². The molecule has 1 heterocycles. The average molecular weight is 168 g/mol. The van der Waals surface area contributed by atoms with E-state index in [4.69, 9.17) is 5.84 Å². The number of hydrazine groups is 1. The third kappa shape index (κ3) is 1.89. The fourth-order valence-corrected chi connectivity index (χ4v) is 0.698. The first-order valence-corrected chi connectivity index (χ1v) is 3.24. The number of nitrogens with two attached hydrogens (primary N) is 1. The second kappa shape index (κ2) is 3.63. The molecule has 64 valence electrons. The van der Waals surface area contributed by atoms with Gasteiger partial charge in [-0.1, -0.05) is 0 Å². The summed E-state index contributed by atoms with van der Waals surface area (Å²) in [4.78, 5) is 25.4. The number of rotatable bonds is 2. The number of carbonyl (C=O) groups is 1. The Kier molecular flexibility index (Phi) is 2.54. The predicted molar refractivity (Wildman–Crippen MR) is 40.8 cm³/mol. The molecule has 0 aliphatic carbocycles. The quantitative estimate of drug-likeness (QED) is 0.311. The van der Waals surface area contributed by atoms with Crippen LogP contribution < -0.4 is 16.8 Å². The molecular formula is C6H8N4O2. The molecule has 1 amide bonds. The van der Waals surface area contributed by atoms with Gasteiger partial charge in [-0.25, -0.2) is 10.8 Å². The minimum absolute atomic E-state index is 0.108. The second-order valence-electron chi connectivity index (χ2n) is 2.11. The van der Waals surface area contributed by atoms with Gasteiger partial charge in [-0.05, 0) is 0 Å². The molecule has 0 aliphatic heterocycles. The molecule has 0 saturated carbocycles. The normalized spacial score (nSPS) is 9.42. The molecule has 0 aliphatic rings. The van der Waals surface area contributed by atoms with Gasteiger partial charge in [0.25, 0.3) is 11.5 Å². The van der Waals surface area contributed by atoms with Gasteiger partial charge in [0.15, 0.2) is 0 Å². The Labute approximate surface area is 68.0 Å². The summed E-state index contributed by atoms with van der Waals surface area (Å²) in [6.45, 7) is -0.108. The second-order valence-corrected chi connectivity index (χ2v) is 2.11. The summed E-state index contributed by atoms with van der Waals surface area (Å²) in [5.41, 5.74) is 1.63. The molecule has 1 aromatic rings. The van der Waals surface area contributed by atoms with E-state index in [0.29, 0.717) is 0 Å². The highest BCUT2D eigenvalue weighted by molar-refractivity contribution is 5.74. The zero-order valence-electron chi connectivity index (χ0n) is 6.23. The SMILES string of the molecule is NNC(=O)Cn1cnccc1=O. The van der Waals surface area contributed by atoms with Gasteiger partial charge < -0.3 is 0 Å². The summed E-state index contributed by atoms with van der Waals surface area (Å²) >= 11 is 0. The first-order chi connectivity index (χ1) is 5.74. The van der Waals surface area contributed by atoms with Crippen LogP contribution in [-0.2, 0) is 11.3 Å². The molecule has 0 spiro atoms. The Morgan fingerprint density at radius 2 is 2.50 bits per heavy atom. The molecule has 0 aromatic carbocycles. The van der Waals surface area contributed by atoms with Gasteiger partial charge in [0, 0.05) is 12.3 Å². The first kappa shape index (κ1) is 8.41. The van der Waals surface area contributed by atoms with E-state index in [1.54, 1.807) is 0 Å². The van der Waals surface area contributed by atoms with Crippen LogP contribution in [-0.4, -0.2) is 15.5 Å². The number of nitrogens with zero attached hydrogens (tertiary/aromatic N) is 2. The molecule has 0 atom stereocenters. The highest BCUT2D eigenvalue weighted by Crippen LogP contribution is 1.76. The van der Waals surface area contributed by atoms with Gasteiger partial charge in [0.2, 0.25) is 0 Å². The monoisotopic (exact) mass is 168 g/mol. The van der Waals surface area contributed by atoms with Crippen molar-refractivity contribution < 1.29 is 4.79 Å². The van der Waals surface area contributed by atoms with Gasteiger partial charge in [-0.15, -0.1) is 0 Å². The van der Waals surface area contributed by atoms with Crippen molar-refractivity contribution in [2.24, 2.45) is 5.84 Å². The zero-order valence-corrected chi connectivity index (χ0v) is 6.23. The summed E-state index contributed by atoms with van der Waals surface area (Å²) in [5.74, 6) is 4.39. The Morgan fingerprint density at radius 3 is 3.08 bits per heavy atom. The lowest BCUT2D eigenvalue weighted by Crippen LogP contribution is -2.36. The molecule has 0 fully saturated rings. The van der Waals surface area contributed by atoms with Crippen molar-refractivity contribution in [3.05, 3.63) is 28.9 Å². The van der Waals surface area contributed by atoms with Crippen LogP contribution in [0.1, 0.15) is 0 Å². The zero-order chi connectivity index (χ0) is 8.97. The molecule has 0 unspecified atom stereocenters. The molecule has 3 N–H and O–H groups in total. The van der Waals surface area contributed by atoms with E-state index in [-0.39, 0.29) is 12.1 Å². The topological polar surface area (TPSA) is 90.0 Å². The predicted octanol–water partition coefficient (Wildman–Crippen LogP) is -1.77. The maximum atomic E-state index is 11.0. The van der Waals surface area contributed by atoms with Crippen molar-refractivity contribution in [1.82, 2.24) is 15.0 Å². The van der Waals surface area contributed by atoms with E-state index in [1.807, 2.05) is 5.43 Å². The van der Waals surface area contributed by atoms with Crippen LogP contribution in [0.25, 0.3) is 0 Å². The molecular weight excluding hydrogens is 160 g/mol. The van der Waals surface area contributed by atoms with Crippen LogP contribution >= 0.6 is 0 Å². The van der Waals surface area contributed by atoms with Crippen LogP contribution in [0.4, 0.5) is 0 Å². The molecule has 6 heteroatoms. The van der Waals surface area contributed by atoms with E-state index >= 15 is 0 Å². The Balaban J connectivity index is 2.83. The smallest absolute Gasteiger partial charge is 0.253 e. The van der Waals surface area contributed by atoms with Crippen molar-refractivity contribution in [1.29, 1.82) is 0 Å². The highest BCUT2D eigenvalue weighted by Gasteiger charge is 2.00. The fraction of sp³-hybridized carbons (Fsp3) is 0.167. The van der Waals surface area contributed by atoms with Crippen molar-refractivity contribution in [3.8, 4) is 0 Å². The molecule has 0 radical (unpaired) electrons. The Bertz CT molecular complexity index is 332. The van der Waals surface area contributed by atoms with Gasteiger partial charge in [-0.2, -0.15) is 0 Å². The Hall–Kier alpha value is -1.69. The van der Waals surface area contributed by atoms with Gasteiger partial charge in [0.1, 0.15) is 6.54 Å². The van der Waals surface area contributed by atoms with Gasteiger partial charge in [-0.3, -0.25) is 19.6 Å². The lowest BCUT2D eigenvalue weighted by atomic mass is 10.5. The largest absolute Gasteiger partial charge is 0.293 e. The third-order valence-electron chi connectivity index (χ3n) is 1.27. The molecule has 12 heavy (non-hydrogen) atoms. The van der Waals surface area contributed by atoms with Crippen molar-refractivity contribution >= 4 is 5.91 Å². The van der Waals surface area contributed by atoms with E-state index in [1.165, 1.54) is 18.6 Å². The van der Waals surface area contributed by atoms with E-state index in [0.717, 1.165) is 4.57 Å². The van der Waals surface area contributed by atoms with E-state index < -0.39 is 5.91 Å². The van der Waals surface area contributed by atoms with E-state index in [9.17, 15) is 9.59 Å². The number of aromatic nitrogens is 2. The Morgan fingerprint density at radius 1 is 1.75 bits per heavy atom. The highest BCUT2D eigenvalue weighted by atomic mass is 16.2. The summed E-state index contributed by atoms with van der Waals surface area (Å²) in [5, 5.41) is 0. The minimum Gasteiger partial charge on any atom is -0.293 e. The number of hydrogen-bond acceptors (Lipinski definition) is 4. The molecule has 0 bridgehead atoms. The lowest BCUT2D eigenvalue weighted by molar-refractivity contribution is -0.121. The van der Waals surface area contributed by atoms with Crippen molar-refractivity contribution in [2.75, 3.05) is 0 Å². The van der Waals surface area contributed by atoms with Gasteiger partial charge >= 0.3 is 0 Å². The lowest BCUT2D eigenvalue weighted by Gasteiger charge is -2.01. The number of amides is 1. The fourth-order valence-electron chi connectivity index (χ4n) is 0.698. The summed E-state index contributed by atoms with van der Waals surface area (Å²) < 4.78 is 1.15. The van der Waals surface area contributed by atoms with Crippen LogP contribution in [0, 0.1) is 0 Å². The first-order valence-electron chi connectivity index (χ1n) is 3.24. The minimum atomic E-state index is -0.440. The third-order valence-corrected chi connectivity index (χ3v) is 1.27. The molecule has 0 saturated heterocycles. The number of hydrogen-bond donors (Lipinski definition) is 2. The maximum Gasteiger partial charge on any atom is 0.253 e. The standard InChI is InChI=1S/C6H8N4O2/c7-9-5(11)3-10-4-8-2-1-6(10)12/h1-2,4H,3,7H2,(H,9,11). The number of carbonyl (C=O) groups excluding carboxylic acids is 1. The number of nitrogens with one attached hydrogen (secondary N) is 1. The molecule has 1 aromatic heterocycles. The van der Waals surface area contributed by atoms with Crippen LogP contribution in [0.5, 0.6) is 0 Å². The van der Waals surface area contributed by atoms with E-state index in [2.05, 4.69) is 4.98 Å². The van der Waals surface area contributed by atoms with Crippen molar-refractivity contribution in [2.45, 2.75) is 6.54 Å². The molecule has 1 rings (SSSR count). The average Bonchev–Trinajstić information content (AvgIpc) is 2.09. The summed E-state index contributed by atoms with van der Waals surface area (Å²) in [6, 6.07) is 1.27. The van der Waals surface area contributed by atoms with Crippen LogP contribution in [0.2, 0.25) is 0 Å². The molecule has 6 nitrogen and oxygen atoms in total.